The number of nitrogens with one attached hydrogen (secondary N) is 1. The van der Waals surface area contributed by atoms with Gasteiger partial charge in [0.15, 0.2) is 0 Å². The second-order valence-corrected chi connectivity index (χ2v) is 3.60. The Hall–Kier alpha value is -0.0800. The third-order valence-electron chi connectivity index (χ3n) is 2.77. The van der Waals surface area contributed by atoms with E-state index in [-0.39, 0.29) is 0 Å². The van der Waals surface area contributed by atoms with Crippen molar-refractivity contribution in [2.24, 2.45) is 5.92 Å². The Kier molecular flexibility index (Phi) is 0.945. The van der Waals surface area contributed by atoms with Crippen molar-refractivity contribution in [1.82, 2.24) is 5.32 Å². The van der Waals surface area contributed by atoms with Gasteiger partial charge in [-0.25, -0.2) is 0 Å². The Morgan fingerprint density at radius 1 is 1.56 bits per heavy atom. The van der Waals surface area contributed by atoms with E-state index in [1.165, 1.54) is 12.8 Å². The summed E-state index contributed by atoms with van der Waals surface area (Å²) in [6.07, 6.45) is 2.38. The summed E-state index contributed by atoms with van der Waals surface area (Å²) in [5.41, 5.74) is -0.408. The molecule has 1 unspecified atom stereocenters. The van der Waals surface area contributed by atoms with Crippen molar-refractivity contribution >= 4 is 0 Å². The number of rotatable bonds is 0. The third kappa shape index (κ3) is 0.700. The minimum absolute atomic E-state index is 0.408. The number of hydrogen-bond donors (Lipinski definition) is 2. The number of piperidine rings is 2. The van der Waals surface area contributed by atoms with Gasteiger partial charge in [0.1, 0.15) is 0 Å². The highest BCUT2D eigenvalue weighted by Crippen LogP contribution is 2.39. The van der Waals surface area contributed by atoms with E-state index in [1.54, 1.807) is 0 Å². The van der Waals surface area contributed by atoms with Crippen molar-refractivity contribution in [3.8, 4) is 0 Å². The van der Waals surface area contributed by atoms with Crippen LogP contribution < -0.4 is 5.32 Å². The summed E-state index contributed by atoms with van der Waals surface area (Å²) in [5.74, 6) is 0.587. The lowest BCUT2D eigenvalue weighted by atomic mass is 9.67. The third-order valence-corrected chi connectivity index (χ3v) is 2.77. The number of aliphatic hydroxyl groups is 1. The first-order chi connectivity index (χ1) is 4.18. The van der Waals surface area contributed by atoms with Gasteiger partial charge in [-0.2, -0.15) is 0 Å². The first kappa shape index (κ1) is 5.69. The molecule has 0 aromatic rings. The monoisotopic (exact) mass is 127 g/mol. The molecule has 3 aliphatic rings. The molecular weight excluding hydrogens is 114 g/mol. The highest BCUT2D eigenvalue weighted by atomic mass is 16.3. The summed E-state index contributed by atoms with van der Waals surface area (Å²) >= 11 is 0. The van der Waals surface area contributed by atoms with E-state index >= 15 is 0 Å². The molecule has 2 saturated heterocycles. The van der Waals surface area contributed by atoms with Crippen LogP contribution in [0.4, 0.5) is 0 Å². The summed E-state index contributed by atoms with van der Waals surface area (Å²) in [7, 11) is 0. The fraction of sp³-hybridized carbons (Fsp3) is 1.00. The Balaban J connectivity index is 2.10. The van der Waals surface area contributed by atoms with E-state index in [1.807, 2.05) is 6.92 Å². The summed E-state index contributed by atoms with van der Waals surface area (Å²) in [4.78, 5) is 0. The quantitative estimate of drug-likeness (QED) is 0.484. The summed E-state index contributed by atoms with van der Waals surface area (Å²) in [6, 6.07) is 0.732. The van der Waals surface area contributed by atoms with Crippen LogP contribution in [0, 0.1) is 5.92 Å². The van der Waals surface area contributed by atoms with Crippen LogP contribution in [0.3, 0.4) is 0 Å². The summed E-state index contributed by atoms with van der Waals surface area (Å²) in [6.45, 7) is 2.72. The normalized spacial score (nSPS) is 56.7. The molecule has 9 heavy (non-hydrogen) atoms. The summed E-state index contributed by atoms with van der Waals surface area (Å²) < 4.78 is 0. The Morgan fingerprint density at radius 2 is 2.22 bits per heavy atom. The van der Waals surface area contributed by atoms with Crippen LogP contribution in [0.2, 0.25) is 0 Å². The number of fused-ring (bicyclic) bond motifs is 2. The van der Waals surface area contributed by atoms with Crippen LogP contribution in [0.1, 0.15) is 19.8 Å². The smallest absolute Gasteiger partial charge is 0.0772 e. The van der Waals surface area contributed by atoms with Crippen molar-refractivity contribution < 1.29 is 5.11 Å². The average Bonchev–Trinajstić information content (AvgIpc) is 1.58. The fourth-order valence-corrected chi connectivity index (χ4v) is 1.79. The van der Waals surface area contributed by atoms with Crippen molar-refractivity contribution in [1.29, 1.82) is 0 Å². The molecule has 0 amide bonds. The molecule has 1 aliphatic carbocycles. The molecule has 2 bridgehead atoms. The maximum absolute atomic E-state index is 9.62. The maximum Gasteiger partial charge on any atom is 0.0772 e. The highest BCUT2D eigenvalue weighted by Gasteiger charge is 2.46. The molecule has 2 N–H and O–H groups in total. The molecule has 2 nitrogen and oxygen atoms in total. The average molecular weight is 127 g/mol. The zero-order valence-electron chi connectivity index (χ0n) is 5.72. The lowest BCUT2D eigenvalue weighted by Gasteiger charge is -2.51. The molecule has 0 aromatic heterocycles. The van der Waals surface area contributed by atoms with E-state index in [9.17, 15) is 5.11 Å². The van der Waals surface area contributed by atoms with Crippen LogP contribution in [-0.2, 0) is 0 Å². The predicted molar refractivity (Wildman–Crippen MR) is 35.1 cm³/mol. The molecular formula is C7H13NO. The zero-order chi connectivity index (χ0) is 6.48. The van der Waals surface area contributed by atoms with Crippen LogP contribution in [-0.4, -0.2) is 23.3 Å². The Morgan fingerprint density at radius 3 is 2.44 bits per heavy atom. The molecule has 2 heteroatoms. The van der Waals surface area contributed by atoms with Gasteiger partial charge in [0.25, 0.3) is 0 Å². The van der Waals surface area contributed by atoms with Gasteiger partial charge in [-0.1, -0.05) is 0 Å². The van der Waals surface area contributed by atoms with Crippen molar-refractivity contribution in [3.05, 3.63) is 0 Å². The fourth-order valence-electron chi connectivity index (χ4n) is 1.79. The van der Waals surface area contributed by atoms with E-state index in [0.29, 0.717) is 5.92 Å². The molecule has 2 aliphatic heterocycles. The Bertz CT molecular complexity index is 124. The number of hydrogen-bond acceptors (Lipinski definition) is 2. The lowest BCUT2D eigenvalue weighted by molar-refractivity contribution is -0.0828. The minimum atomic E-state index is -0.408. The van der Waals surface area contributed by atoms with Gasteiger partial charge < -0.3 is 10.4 Å². The maximum atomic E-state index is 9.62. The first-order valence-corrected chi connectivity index (χ1v) is 3.64. The van der Waals surface area contributed by atoms with E-state index in [2.05, 4.69) is 5.32 Å². The molecule has 0 spiro atoms. The molecule has 0 radical (unpaired) electrons. The molecule has 2 heterocycles. The molecule has 3 fully saturated rings. The van der Waals surface area contributed by atoms with E-state index in [0.717, 1.165) is 12.6 Å². The lowest BCUT2D eigenvalue weighted by Crippen LogP contribution is -2.62. The van der Waals surface area contributed by atoms with Gasteiger partial charge in [-0.3, -0.25) is 0 Å². The topological polar surface area (TPSA) is 32.3 Å². The largest absolute Gasteiger partial charge is 0.389 e. The van der Waals surface area contributed by atoms with Crippen molar-refractivity contribution in [2.45, 2.75) is 31.4 Å². The molecule has 3 rings (SSSR count). The molecule has 0 aromatic carbocycles. The predicted octanol–water partition coefficient (Wildman–Crippen LogP) is 0.119. The summed E-state index contributed by atoms with van der Waals surface area (Å²) in [5, 5.41) is 12.9. The minimum Gasteiger partial charge on any atom is -0.389 e. The Labute approximate surface area is 55.3 Å². The molecule has 1 saturated carbocycles. The van der Waals surface area contributed by atoms with Gasteiger partial charge in [0, 0.05) is 12.6 Å². The second kappa shape index (κ2) is 1.50. The zero-order valence-corrected chi connectivity index (χ0v) is 5.72. The van der Waals surface area contributed by atoms with Crippen LogP contribution in [0.5, 0.6) is 0 Å². The highest BCUT2D eigenvalue weighted by molar-refractivity contribution is 5.02. The molecule has 1 atom stereocenters. The van der Waals surface area contributed by atoms with Gasteiger partial charge in [0.05, 0.1) is 5.60 Å². The van der Waals surface area contributed by atoms with Crippen LogP contribution in [0.25, 0.3) is 0 Å². The van der Waals surface area contributed by atoms with Crippen LogP contribution in [0.15, 0.2) is 0 Å². The van der Waals surface area contributed by atoms with Gasteiger partial charge in [-0.15, -0.1) is 0 Å². The molecule has 52 valence electrons. The van der Waals surface area contributed by atoms with Crippen molar-refractivity contribution in [2.75, 3.05) is 6.54 Å². The van der Waals surface area contributed by atoms with Crippen LogP contribution >= 0.6 is 0 Å². The van der Waals surface area contributed by atoms with Gasteiger partial charge >= 0.3 is 0 Å². The first-order valence-electron chi connectivity index (χ1n) is 3.64. The van der Waals surface area contributed by atoms with E-state index < -0.39 is 5.60 Å². The van der Waals surface area contributed by atoms with E-state index in [4.69, 9.17) is 0 Å². The van der Waals surface area contributed by atoms with Crippen molar-refractivity contribution in [3.63, 3.8) is 0 Å². The van der Waals surface area contributed by atoms with Gasteiger partial charge in [-0.05, 0) is 25.7 Å². The van der Waals surface area contributed by atoms with Gasteiger partial charge in [0.2, 0.25) is 0 Å². The second-order valence-electron chi connectivity index (χ2n) is 3.60. The SMILES string of the molecule is CC1(O)CNC2CC1C2. The standard InChI is InChI=1S/C7H13NO/c1-7(9)4-8-6-2-5(7)3-6/h5-6,8-9H,2-4H2,1H3.